The van der Waals surface area contributed by atoms with E-state index in [4.69, 9.17) is 0 Å². The van der Waals surface area contributed by atoms with Crippen LogP contribution in [-0.4, -0.2) is 4.43 Å². The van der Waals surface area contributed by atoms with Gasteiger partial charge in [0.25, 0.3) is 0 Å². The zero-order valence-electron chi connectivity index (χ0n) is 12.7. The molecular formula is C16H36IP. The third-order valence-corrected chi connectivity index (χ3v) is 4.25. The molecule has 112 valence electrons. The van der Waals surface area contributed by atoms with E-state index < -0.39 is 0 Å². The third-order valence-electron chi connectivity index (χ3n) is 3.49. The number of hydrogen-bond donors (Lipinski definition) is 0. The smallest absolute Gasteiger partial charge is 0.000473 e. The molecule has 1 atom stereocenters. The first kappa shape index (κ1) is 21.5. The molecule has 0 aliphatic carbocycles. The van der Waals surface area contributed by atoms with E-state index in [2.05, 4.69) is 29.5 Å². The molecule has 0 spiro atoms. The summed E-state index contributed by atoms with van der Waals surface area (Å²) < 4.78 is 1.34. The minimum absolute atomic E-state index is 0. The predicted octanol–water partition coefficient (Wildman–Crippen LogP) is 6.96. The topological polar surface area (TPSA) is 0 Å². The fourth-order valence-corrected chi connectivity index (χ4v) is 2.83. The molecule has 0 amide bonds. The molecule has 0 saturated heterocycles. The Balaban J connectivity index is 0. The Labute approximate surface area is 133 Å². The SMILES string of the molecule is CCCCCCCCCCCCCCCCI.P. The zero-order valence-corrected chi connectivity index (χ0v) is 16.3. The first-order valence-electron chi connectivity index (χ1n) is 7.97. The molecule has 0 radical (unpaired) electrons. The van der Waals surface area contributed by atoms with E-state index in [0.29, 0.717) is 0 Å². The molecule has 0 aromatic rings. The van der Waals surface area contributed by atoms with Gasteiger partial charge in [0.15, 0.2) is 0 Å². The van der Waals surface area contributed by atoms with Gasteiger partial charge in [-0.25, -0.2) is 0 Å². The molecule has 18 heavy (non-hydrogen) atoms. The number of unbranched alkanes of at least 4 members (excludes halogenated alkanes) is 13. The van der Waals surface area contributed by atoms with Crippen LogP contribution in [0.5, 0.6) is 0 Å². The van der Waals surface area contributed by atoms with E-state index in [1.807, 2.05) is 0 Å². The van der Waals surface area contributed by atoms with Gasteiger partial charge in [0, 0.05) is 0 Å². The lowest BCUT2D eigenvalue weighted by atomic mass is 10.0. The second-order valence-electron chi connectivity index (χ2n) is 5.29. The summed E-state index contributed by atoms with van der Waals surface area (Å²) in [6.07, 6.45) is 20.5. The van der Waals surface area contributed by atoms with Crippen molar-refractivity contribution in [1.29, 1.82) is 0 Å². The first-order chi connectivity index (χ1) is 8.41. The number of halogens is 1. The van der Waals surface area contributed by atoms with Gasteiger partial charge in [-0.3, -0.25) is 0 Å². The van der Waals surface area contributed by atoms with Crippen molar-refractivity contribution < 1.29 is 0 Å². The second kappa shape index (κ2) is 20.5. The van der Waals surface area contributed by atoms with Crippen LogP contribution in [0.15, 0.2) is 0 Å². The number of rotatable bonds is 14. The quantitative estimate of drug-likeness (QED) is 0.131. The van der Waals surface area contributed by atoms with Gasteiger partial charge >= 0.3 is 0 Å². The van der Waals surface area contributed by atoms with Crippen molar-refractivity contribution in [3.8, 4) is 0 Å². The summed E-state index contributed by atoms with van der Waals surface area (Å²) in [5.41, 5.74) is 0. The normalized spacial score (nSPS) is 10.3. The van der Waals surface area contributed by atoms with Gasteiger partial charge in [0.1, 0.15) is 0 Å². The maximum absolute atomic E-state index is 2.48. The van der Waals surface area contributed by atoms with E-state index in [1.54, 1.807) is 0 Å². The summed E-state index contributed by atoms with van der Waals surface area (Å²) in [5.74, 6) is 0. The molecule has 0 aliphatic heterocycles. The highest BCUT2D eigenvalue weighted by molar-refractivity contribution is 14.1. The summed E-state index contributed by atoms with van der Waals surface area (Å²) in [4.78, 5) is 0. The Morgan fingerprint density at radius 2 is 0.778 bits per heavy atom. The molecule has 0 heterocycles. The molecule has 0 aliphatic rings. The van der Waals surface area contributed by atoms with Crippen LogP contribution in [0.1, 0.15) is 96.8 Å². The van der Waals surface area contributed by atoms with Gasteiger partial charge in [0.2, 0.25) is 0 Å². The lowest BCUT2D eigenvalue weighted by Crippen LogP contribution is -1.83. The highest BCUT2D eigenvalue weighted by Gasteiger charge is 1.93. The fraction of sp³-hybridized carbons (Fsp3) is 1.00. The Hall–Kier alpha value is 1.16. The first-order valence-corrected chi connectivity index (χ1v) is 9.50. The van der Waals surface area contributed by atoms with Crippen LogP contribution in [0.3, 0.4) is 0 Å². The minimum Gasteiger partial charge on any atom is -0.153 e. The molecule has 0 aromatic carbocycles. The van der Waals surface area contributed by atoms with Gasteiger partial charge in [-0.05, 0) is 10.8 Å². The maximum atomic E-state index is 2.48. The van der Waals surface area contributed by atoms with Crippen LogP contribution in [0, 0.1) is 0 Å². The van der Waals surface area contributed by atoms with Gasteiger partial charge < -0.3 is 0 Å². The number of hydrogen-bond acceptors (Lipinski definition) is 0. The van der Waals surface area contributed by atoms with E-state index in [-0.39, 0.29) is 9.90 Å². The maximum Gasteiger partial charge on any atom is -0.000473 e. The van der Waals surface area contributed by atoms with Gasteiger partial charge in [-0.1, -0.05) is 113 Å². The van der Waals surface area contributed by atoms with Crippen molar-refractivity contribution in [3.63, 3.8) is 0 Å². The standard InChI is InChI=1S/C16H33I.H3P/c1-2-3-4-5-6-7-8-9-10-11-12-13-14-15-16-17;/h2-16H2,1H3;1H3. The molecule has 0 N–H and O–H groups in total. The Morgan fingerprint density at radius 1 is 0.500 bits per heavy atom. The van der Waals surface area contributed by atoms with Crippen LogP contribution in [-0.2, 0) is 0 Å². The van der Waals surface area contributed by atoms with Gasteiger partial charge in [-0.15, -0.1) is 0 Å². The van der Waals surface area contributed by atoms with E-state index >= 15 is 0 Å². The summed E-state index contributed by atoms with van der Waals surface area (Å²) in [6, 6.07) is 0. The van der Waals surface area contributed by atoms with Gasteiger partial charge in [-0.2, -0.15) is 9.90 Å². The van der Waals surface area contributed by atoms with Crippen molar-refractivity contribution in [1.82, 2.24) is 0 Å². The summed E-state index contributed by atoms with van der Waals surface area (Å²) in [5, 5.41) is 0. The molecule has 0 saturated carbocycles. The van der Waals surface area contributed by atoms with Gasteiger partial charge in [0.05, 0.1) is 0 Å². The van der Waals surface area contributed by atoms with Crippen LogP contribution < -0.4 is 0 Å². The van der Waals surface area contributed by atoms with Crippen LogP contribution in [0.4, 0.5) is 0 Å². The Kier molecular flexibility index (Phi) is 24.4. The molecule has 0 nitrogen and oxygen atoms in total. The fourth-order valence-electron chi connectivity index (χ4n) is 2.29. The van der Waals surface area contributed by atoms with Crippen LogP contribution >= 0.6 is 32.5 Å². The van der Waals surface area contributed by atoms with Crippen molar-refractivity contribution in [2.24, 2.45) is 0 Å². The van der Waals surface area contributed by atoms with Crippen LogP contribution in [0.25, 0.3) is 0 Å². The van der Waals surface area contributed by atoms with E-state index in [1.165, 1.54) is 94.3 Å². The minimum atomic E-state index is 0. The molecule has 2 heteroatoms. The molecule has 0 aromatic heterocycles. The van der Waals surface area contributed by atoms with Crippen molar-refractivity contribution >= 4 is 32.5 Å². The summed E-state index contributed by atoms with van der Waals surface area (Å²) >= 11 is 2.48. The number of alkyl halides is 1. The Bertz CT molecular complexity index is 114. The average Bonchev–Trinajstić information content (AvgIpc) is 2.35. The van der Waals surface area contributed by atoms with Crippen LogP contribution in [0.2, 0.25) is 0 Å². The Morgan fingerprint density at radius 3 is 1.06 bits per heavy atom. The monoisotopic (exact) mass is 386 g/mol. The highest BCUT2D eigenvalue weighted by Crippen LogP contribution is 2.13. The van der Waals surface area contributed by atoms with E-state index in [0.717, 1.165) is 0 Å². The third kappa shape index (κ3) is 19.5. The van der Waals surface area contributed by atoms with E-state index in [9.17, 15) is 0 Å². The summed E-state index contributed by atoms with van der Waals surface area (Å²) in [6.45, 7) is 2.29. The molecule has 0 bridgehead atoms. The zero-order chi connectivity index (χ0) is 12.6. The van der Waals surface area contributed by atoms with Crippen molar-refractivity contribution in [3.05, 3.63) is 0 Å². The average molecular weight is 386 g/mol. The lowest BCUT2D eigenvalue weighted by molar-refractivity contribution is 0.539. The van der Waals surface area contributed by atoms with Crippen molar-refractivity contribution in [2.75, 3.05) is 4.43 Å². The molecule has 0 fully saturated rings. The highest BCUT2D eigenvalue weighted by atomic mass is 127. The predicted molar refractivity (Wildman–Crippen MR) is 100 cm³/mol. The second-order valence-corrected chi connectivity index (χ2v) is 6.36. The molecule has 0 rings (SSSR count). The molecular weight excluding hydrogens is 350 g/mol. The lowest BCUT2D eigenvalue weighted by Gasteiger charge is -2.02. The molecule has 1 unspecified atom stereocenters. The largest absolute Gasteiger partial charge is 0.153 e. The summed E-state index contributed by atoms with van der Waals surface area (Å²) in [7, 11) is 0. The van der Waals surface area contributed by atoms with Crippen molar-refractivity contribution in [2.45, 2.75) is 96.8 Å².